The molecule has 18 heavy (non-hydrogen) atoms. The van der Waals surface area contributed by atoms with Crippen molar-refractivity contribution in [1.29, 1.82) is 0 Å². The highest BCUT2D eigenvalue weighted by molar-refractivity contribution is 7.16. The molecule has 1 aromatic rings. The number of aliphatic carboxylic acids is 1. The Balaban J connectivity index is 2.34. The SMILES string of the molecule is C[C@@]1(c2ccc(Cl)s2)NC(=O)N(CC(=O)O)C1=O. The van der Waals surface area contributed by atoms with E-state index in [9.17, 15) is 14.4 Å². The van der Waals surface area contributed by atoms with E-state index in [0.29, 0.717) is 14.1 Å². The molecule has 6 nitrogen and oxygen atoms in total. The summed E-state index contributed by atoms with van der Waals surface area (Å²) in [6.45, 7) is 0.872. The second-order valence-corrected chi connectivity index (χ2v) is 5.66. The minimum atomic E-state index is -1.25. The second-order valence-electron chi connectivity index (χ2n) is 3.94. The van der Waals surface area contributed by atoms with Crippen molar-refractivity contribution in [2.75, 3.05) is 6.54 Å². The predicted molar refractivity (Wildman–Crippen MR) is 64.6 cm³/mol. The van der Waals surface area contributed by atoms with Gasteiger partial charge in [0.05, 0.1) is 4.34 Å². The summed E-state index contributed by atoms with van der Waals surface area (Å²) in [5.41, 5.74) is -1.25. The summed E-state index contributed by atoms with van der Waals surface area (Å²) in [5.74, 6) is -1.83. The Morgan fingerprint density at radius 1 is 1.56 bits per heavy atom. The smallest absolute Gasteiger partial charge is 0.325 e. The van der Waals surface area contributed by atoms with Gasteiger partial charge in [0.25, 0.3) is 5.91 Å². The van der Waals surface area contributed by atoms with Crippen LogP contribution in [0, 0.1) is 0 Å². The molecule has 0 radical (unpaired) electrons. The molecule has 2 heterocycles. The minimum absolute atomic E-state index is 0.491. The highest BCUT2D eigenvalue weighted by Gasteiger charge is 2.50. The molecule has 1 aromatic heterocycles. The van der Waals surface area contributed by atoms with Gasteiger partial charge >= 0.3 is 12.0 Å². The summed E-state index contributed by atoms with van der Waals surface area (Å²) >= 11 is 6.96. The maximum absolute atomic E-state index is 12.1. The molecule has 3 amide bonds. The fraction of sp³-hybridized carbons (Fsp3) is 0.300. The molecule has 0 aromatic carbocycles. The Bertz CT molecular complexity index is 544. The summed E-state index contributed by atoms with van der Waals surface area (Å²) in [7, 11) is 0. The van der Waals surface area contributed by atoms with E-state index in [-0.39, 0.29) is 0 Å². The molecule has 0 spiro atoms. The zero-order valence-corrected chi connectivity index (χ0v) is 10.8. The fourth-order valence-electron chi connectivity index (χ4n) is 1.73. The molecule has 2 N–H and O–H groups in total. The molecule has 1 aliphatic rings. The number of rotatable bonds is 3. The largest absolute Gasteiger partial charge is 0.480 e. The molecular formula is C10H9ClN2O4S. The van der Waals surface area contributed by atoms with Gasteiger partial charge in [-0.05, 0) is 19.1 Å². The zero-order chi connectivity index (χ0) is 13.5. The maximum Gasteiger partial charge on any atom is 0.325 e. The number of imide groups is 1. The first-order valence-electron chi connectivity index (χ1n) is 4.96. The van der Waals surface area contributed by atoms with Gasteiger partial charge in [0.2, 0.25) is 0 Å². The van der Waals surface area contributed by atoms with E-state index in [4.69, 9.17) is 16.7 Å². The van der Waals surface area contributed by atoms with Crippen LogP contribution in [0.25, 0.3) is 0 Å². The Kier molecular flexibility index (Phi) is 3.04. The molecule has 1 saturated heterocycles. The van der Waals surface area contributed by atoms with Gasteiger partial charge in [-0.3, -0.25) is 14.5 Å². The van der Waals surface area contributed by atoms with E-state index in [2.05, 4.69) is 5.32 Å². The molecular weight excluding hydrogens is 280 g/mol. The fourth-order valence-corrected chi connectivity index (χ4v) is 2.86. The average Bonchev–Trinajstić information content (AvgIpc) is 2.78. The third-order valence-corrected chi connectivity index (χ3v) is 4.09. The van der Waals surface area contributed by atoms with Crippen LogP contribution in [0.2, 0.25) is 4.34 Å². The molecule has 1 fully saturated rings. The molecule has 0 aliphatic carbocycles. The quantitative estimate of drug-likeness (QED) is 0.820. The molecule has 0 unspecified atom stereocenters. The lowest BCUT2D eigenvalue weighted by Gasteiger charge is -2.19. The van der Waals surface area contributed by atoms with Crippen molar-refractivity contribution < 1.29 is 19.5 Å². The van der Waals surface area contributed by atoms with Crippen molar-refractivity contribution in [2.24, 2.45) is 0 Å². The Morgan fingerprint density at radius 2 is 2.22 bits per heavy atom. The van der Waals surface area contributed by atoms with Gasteiger partial charge in [0.1, 0.15) is 6.54 Å². The van der Waals surface area contributed by atoms with Crippen LogP contribution < -0.4 is 5.32 Å². The number of hydrogen-bond acceptors (Lipinski definition) is 4. The van der Waals surface area contributed by atoms with Gasteiger partial charge in [0, 0.05) is 4.88 Å². The predicted octanol–water partition coefficient (Wildman–Crippen LogP) is 1.25. The first-order chi connectivity index (χ1) is 8.34. The van der Waals surface area contributed by atoms with Gasteiger partial charge < -0.3 is 10.4 Å². The maximum atomic E-state index is 12.1. The van der Waals surface area contributed by atoms with Gasteiger partial charge in [-0.15, -0.1) is 11.3 Å². The van der Waals surface area contributed by atoms with Crippen molar-refractivity contribution in [3.05, 3.63) is 21.3 Å². The Labute approximate surface area is 111 Å². The monoisotopic (exact) mass is 288 g/mol. The molecule has 0 saturated carbocycles. The number of halogens is 1. The first-order valence-corrected chi connectivity index (χ1v) is 6.16. The zero-order valence-electron chi connectivity index (χ0n) is 9.27. The molecule has 8 heteroatoms. The van der Waals surface area contributed by atoms with Gasteiger partial charge in [-0.1, -0.05) is 11.6 Å². The van der Waals surface area contributed by atoms with Crippen molar-refractivity contribution >= 4 is 40.8 Å². The minimum Gasteiger partial charge on any atom is -0.480 e. The van der Waals surface area contributed by atoms with Crippen LogP contribution in [0.4, 0.5) is 4.79 Å². The lowest BCUT2D eigenvalue weighted by molar-refractivity contribution is -0.142. The van der Waals surface area contributed by atoms with Crippen molar-refractivity contribution in [2.45, 2.75) is 12.5 Å². The second kappa shape index (κ2) is 4.25. The number of urea groups is 1. The summed E-state index contributed by atoms with van der Waals surface area (Å²) in [5, 5.41) is 11.2. The lowest BCUT2D eigenvalue weighted by Crippen LogP contribution is -2.40. The summed E-state index contributed by atoms with van der Waals surface area (Å²) in [6, 6.07) is 2.54. The number of carbonyl (C=O) groups excluding carboxylic acids is 2. The summed E-state index contributed by atoms with van der Waals surface area (Å²) in [4.78, 5) is 35.6. The van der Waals surface area contributed by atoms with Crippen LogP contribution in [0.3, 0.4) is 0 Å². The number of carboxylic acid groups (broad SMARTS) is 1. The normalized spacial score (nSPS) is 23.3. The standard InChI is InChI=1S/C10H9ClN2O4S/c1-10(5-2-3-6(11)18-5)8(16)13(4-7(14)15)9(17)12-10/h2-3H,4H2,1H3,(H,12,17)(H,14,15)/t10-/m0/s1. The van der Waals surface area contributed by atoms with Crippen LogP contribution in [0.5, 0.6) is 0 Å². The summed E-state index contributed by atoms with van der Waals surface area (Å²) in [6.07, 6.45) is 0. The highest BCUT2D eigenvalue weighted by Crippen LogP contribution is 2.35. The van der Waals surface area contributed by atoms with Crippen molar-refractivity contribution in [3.8, 4) is 0 Å². The third-order valence-electron chi connectivity index (χ3n) is 2.63. The van der Waals surface area contributed by atoms with E-state index in [1.165, 1.54) is 18.3 Å². The van der Waals surface area contributed by atoms with Crippen LogP contribution in [-0.2, 0) is 15.1 Å². The van der Waals surface area contributed by atoms with E-state index in [0.717, 1.165) is 0 Å². The van der Waals surface area contributed by atoms with E-state index >= 15 is 0 Å². The van der Waals surface area contributed by atoms with Gasteiger partial charge in [-0.25, -0.2) is 4.79 Å². The van der Waals surface area contributed by atoms with E-state index in [1.54, 1.807) is 12.1 Å². The topological polar surface area (TPSA) is 86.7 Å². The van der Waals surface area contributed by atoms with Crippen LogP contribution >= 0.6 is 22.9 Å². The van der Waals surface area contributed by atoms with Crippen LogP contribution in [0.1, 0.15) is 11.8 Å². The molecule has 1 atom stereocenters. The van der Waals surface area contributed by atoms with E-state index in [1.807, 2.05) is 0 Å². The van der Waals surface area contributed by atoms with E-state index < -0.39 is 30.0 Å². The molecule has 0 bridgehead atoms. The average molecular weight is 289 g/mol. The Morgan fingerprint density at radius 3 is 2.72 bits per heavy atom. The van der Waals surface area contributed by atoms with Crippen LogP contribution in [-0.4, -0.2) is 34.5 Å². The van der Waals surface area contributed by atoms with Crippen molar-refractivity contribution in [1.82, 2.24) is 10.2 Å². The van der Waals surface area contributed by atoms with Crippen molar-refractivity contribution in [3.63, 3.8) is 0 Å². The highest BCUT2D eigenvalue weighted by atomic mass is 35.5. The number of nitrogens with one attached hydrogen (secondary N) is 1. The van der Waals surface area contributed by atoms with Gasteiger partial charge in [0.15, 0.2) is 5.54 Å². The number of hydrogen-bond donors (Lipinski definition) is 2. The molecule has 96 valence electrons. The number of amides is 3. The Hall–Kier alpha value is -1.60. The molecule has 1 aliphatic heterocycles. The van der Waals surface area contributed by atoms with Crippen LogP contribution in [0.15, 0.2) is 12.1 Å². The molecule has 2 rings (SSSR count). The number of carboxylic acids is 1. The first kappa shape index (κ1) is 12.8. The van der Waals surface area contributed by atoms with Gasteiger partial charge in [-0.2, -0.15) is 0 Å². The lowest BCUT2D eigenvalue weighted by atomic mass is 10.0. The number of thiophene rings is 1. The third kappa shape index (κ3) is 1.95. The number of carbonyl (C=O) groups is 3. The summed E-state index contributed by atoms with van der Waals surface area (Å²) < 4.78 is 0.491. The number of nitrogens with zero attached hydrogens (tertiary/aromatic N) is 1.